The molecule has 1 amide bonds. The van der Waals surface area contributed by atoms with Gasteiger partial charge in [-0.3, -0.25) is 4.79 Å². The van der Waals surface area contributed by atoms with Gasteiger partial charge in [0.1, 0.15) is 6.10 Å². The number of rotatable bonds is 4. The van der Waals surface area contributed by atoms with E-state index in [1.54, 1.807) is 12.1 Å². The van der Waals surface area contributed by atoms with Crippen molar-refractivity contribution in [3.8, 4) is 0 Å². The number of aliphatic hydroxyl groups excluding tert-OH is 2. The molecule has 2 unspecified atom stereocenters. The van der Waals surface area contributed by atoms with Gasteiger partial charge < -0.3 is 15.9 Å². The fourth-order valence-corrected chi connectivity index (χ4v) is 1.51. The van der Waals surface area contributed by atoms with Crippen LogP contribution >= 0.6 is 15.9 Å². The highest BCUT2D eigenvalue weighted by Crippen LogP contribution is 2.18. The summed E-state index contributed by atoms with van der Waals surface area (Å²) in [7, 11) is 0. The number of halogens is 1. The third-order valence-electron chi connectivity index (χ3n) is 2.06. The van der Waals surface area contributed by atoms with E-state index in [-0.39, 0.29) is 5.33 Å². The van der Waals surface area contributed by atoms with Gasteiger partial charge in [0.25, 0.3) is 0 Å². The Morgan fingerprint density at radius 3 is 2.27 bits per heavy atom. The number of carbonyl (C=O) groups is 1. The molecule has 4 nitrogen and oxygen atoms in total. The van der Waals surface area contributed by atoms with Crippen LogP contribution in [0.1, 0.15) is 22.0 Å². The Labute approximate surface area is 95.8 Å². The lowest BCUT2D eigenvalue weighted by molar-refractivity contribution is 0.0342. The van der Waals surface area contributed by atoms with Crippen molar-refractivity contribution in [2.45, 2.75) is 12.2 Å². The van der Waals surface area contributed by atoms with Gasteiger partial charge in [0.05, 0.1) is 6.10 Å². The van der Waals surface area contributed by atoms with Gasteiger partial charge in [0, 0.05) is 10.9 Å². The average Bonchev–Trinajstić information content (AvgIpc) is 2.27. The molecule has 4 N–H and O–H groups in total. The predicted molar refractivity (Wildman–Crippen MR) is 59.7 cm³/mol. The molecule has 1 aromatic carbocycles. The minimum Gasteiger partial charge on any atom is -0.389 e. The van der Waals surface area contributed by atoms with E-state index in [1.807, 2.05) is 0 Å². The summed E-state index contributed by atoms with van der Waals surface area (Å²) in [4.78, 5) is 10.8. The first-order valence-corrected chi connectivity index (χ1v) is 5.50. The summed E-state index contributed by atoms with van der Waals surface area (Å²) in [5, 5.41) is 19.3. The Bertz CT molecular complexity index is 339. The van der Waals surface area contributed by atoms with Gasteiger partial charge in [-0.25, -0.2) is 0 Å². The molecule has 0 heterocycles. The molecule has 0 fully saturated rings. The first-order chi connectivity index (χ1) is 7.06. The van der Waals surface area contributed by atoms with Crippen LogP contribution in [0.5, 0.6) is 0 Å². The molecule has 0 spiro atoms. The van der Waals surface area contributed by atoms with Crippen molar-refractivity contribution in [2.75, 3.05) is 5.33 Å². The van der Waals surface area contributed by atoms with E-state index in [1.165, 1.54) is 12.1 Å². The zero-order valence-corrected chi connectivity index (χ0v) is 9.52. The van der Waals surface area contributed by atoms with Gasteiger partial charge in [-0.1, -0.05) is 28.1 Å². The Morgan fingerprint density at radius 1 is 1.33 bits per heavy atom. The molecular weight excluding hydrogens is 262 g/mol. The largest absolute Gasteiger partial charge is 0.389 e. The van der Waals surface area contributed by atoms with Crippen LogP contribution in [-0.2, 0) is 0 Å². The van der Waals surface area contributed by atoms with E-state index in [4.69, 9.17) is 5.73 Å². The van der Waals surface area contributed by atoms with Gasteiger partial charge in [0.15, 0.2) is 0 Å². The molecular formula is C10H12BrNO3. The van der Waals surface area contributed by atoms with E-state index in [2.05, 4.69) is 15.9 Å². The van der Waals surface area contributed by atoms with Crippen molar-refractivity contribution < 1.29 is 15.0 Å². The van der Waals surface area contributed by atoms with Crippen LogP contribution < -0.4 is 5.73 Å². The van der Waals surface area contributed by atoms with Crippen LogP contribution in [0.3, 0.4) is 0 Å². The molecule has 1 rings (SSSR count). The minimum absolute atomic E-state index is 0.283. The number of alkyl halides is 1. The summed E-state index contributed by atoms with van der Waals surface area (Å²) in [5.41, 5.74) is 5.99. The highest BCUT2D eigenvalue weighted by Gasteiger charge is 2.16. The number of hydrogen-bond donors (Lipinski definition) is 3. The second kappa shape index (κ2) is 5.25. The highest BCUT2D eigenvalue weighted by molar-refractivity contribution is 9.09. The van der Waals surface area contributed by atoms with Crippen molar-refractivity contribution in [1.29, 1.82) is 0 Å². The zero-order valence-electron chi connectivity index (χ0n) is 7.93. The third kappa shape index (κ3) is 3.02. The maximum Gasteiger partial charge on any atom is 0.248 e. The molecule has 1 aromatic rings. The van der Waals surface area contributed by atoms with Crippen molar-refractivity contribution >= 4 is 21.8 Å². The van der Waals surface area contributed by atoms with Crippen LogP contribution in [0.25, 0.3) is 0 Å². The number of hydrogen-bond acceptors (Lipinski definition) is 3. The minimum atomic E-state index is -0.966. The Kier molecular flexibility index (Phi) is 4.26. The lowest BCUT2D eigenvalue weighted by Crippen LogP contribution is -2.19. The SMILES string of the molecule is NC(=O)c1ccc(C(O)C(O)CBr)cc1. The number of benzene rings is 1. The maximum absolute atomic E-state index is 10.8. The van der Waals surface area contributed by atoms with Gasteiger partial charge in [0.2, 0.25) is 5.91 Å². The molecule has 15 heavy (non-hydrogen) atoms. The van der Waals surface area contributed by atoms with Crippen LogP contribution in [0.4, 0.5) is 0 Å². The van der Waals surface area contributed by atoms with Crippen molar-refractivity contribution in [3.63, 3.8) is 0 Å². The molecule has 0 aliphatic rings. The lowest BCUT2D eigenvalue weighted by atomic mass is 10.0. The van der Waals surface area contributed by atoms with E-state index in [0.29, 0.717) is 11.1 Å². The summed E-state index contributed by atoms with van der Waals surface area (Å²) in [5.74, 6) is -0.517. The number of primary amides is 1. The predicted octanol–water partition coefficient (Wildman–Crippen LogP) is 0.575. The first-order valence-electron chi connectivity index (χ1n) is 4.38. The van der Waals surface area contributed by atoms with Gasteiger partial charge in [-0.2, -0.15) is 0 Å². The summed E-state index contributed by atoms with van der Waals surface area (Å²) in [6.07, 6.45) is -1.84. The molecule has 0 aliphatic carbocycles. The quantitative estimate of drug-likeness (QED) is 0.702. The number of amides is 1. The second-order valence-corrected chi connectivity index (χ2v) is 3.80. The van der Waals surface area contributed by atoms with Gasteiger partial charge >= 0.3 is 0 Å². The lowest BCUT2D eigenvalue weighted by Gasteiger charge is -2.15. The third-order valence-corrected chi connectivity index (χ3v) is 2.72. The molecule has 5 heteroatoms. The topological polar surface area (TPSA) is 83.6 Å². The summed E-state index contributed by atoms with van der Waals surface area (Å²) in [6.45, 7) is 0. The molecule has 0 bridgehead atoms. The average molecular weight is 274 g/mol. The van der Waals surface area contributed by atoms with Crippen LogP contribution in [0.2, 0.25) is 0 Å². The van der Waals surface area contributed by atoms with Crippen LogP contribution in [0, 0.1) is 0 Å². The normalized spacial score (nSPS) is 14.6. The number of carbonyl (C=O) groups excluding carboxylic acids is 1. The molecule has 2 atom stereocenters. The molecule has 0 saturated heterocycles. The van der Waals surface area contributed by atoms with Crippen LogP contribution in [0.15, 0.2) is 24.3 Å². The molecule has 82 valence electrons. The van der Waals surface area contributed by atoms with E-state index < -0.39 is 18.1 Å². The highest BCUT2D eigenvalue weighted by atomic mass is 79.9. The molecule has 0 aliphatic heterocycles. The second-order valence-electron chi connectivity index (χ2n) is 3.15. The Hall–Kier alpha value is -0.910. The number of aliphatic hydroxyl groups is 2. The van der Waals surface area contributed by atoms with E-state index in [9.17, 15) is 15.0 Å². The fraction of sp³-hybridized carbons (Fsp3) is 0.300. The van der Waals surface area contributed by atoms with E-state index >= 15 is 0 Å². The Morgan fingerprint density at radius 2 is 1.87 bits per heavy atom. The standard InChI is InChI=1S/C10H12BrNO3/c11-5-8(13)9(14)6-1-3-7(4-2-6)10(12)15/h1-4,8-9,13-14H,5H2,(H2,12,15). The van der Waals surface area contributed by atoms with Crippen molar-refractivity contribution in [2.24, 2.45) is 5.73 Å². The molecule has 0 radical (unpaired) electrons. The summed E-state index contributed by atoms with van der Waals surface area (Å²) < 4.78 is 0. The van der Waals surface area contributed by atoms with Gasteiger partial charge in [-0.15, -0.1) is 0 Å². The zero-order chi connectivity index (χ0) is 11.4. The smallest absolute Gasteiger partial charge is 0.248 e. The first kappa shape index (κ1) is 12.2. The van der Waals surface area contributed by atoms with Gasteiger partial charge in [-0.05, 0) is 17.7 Å². The van der Waals surface area contributed by atoms with Crippen molar-refractivity contribution in [3.05, 3.63) is 35.4 Å². The summed E-state index contributed by atoms with van der Waals surface area (Å²) >= 11 is 3.07. The fourth-order valence-electron chi connectivity index (χ4n) is 1.15. The molecule has 0 aromatic heterocycles. The number of nitrogens with two attached hydrogens (primary N) is 1. The van der Waals surface area contributed by atoms with Crippen molar-refractivity contribution in [1.82, 2.24) is 0 Å². The Balaban J connectivity index is 2.84. The van der Waals surface area contributed by atoms with Crippen LogP contribution in [-0.4, -0.2) is 27.6 Å². The molecule has 0 saturated carbocycles. The summed E-state index contributed by atoms with van der Waals surface area (Å²) in [6, 6.07) is 6.16. The van der Waals surface area contributed by atoms with E-state index in [0.717, 1.165) is 0 Å². The maximum atomic E-state index is 10.8. The monoisotopic (exact) mass is 273 g/mol.